The summed E-state index contributed by atoms with van der Waals surface area (Å²) in [6, 6.07) is 23.1. The van der Waals surface area contributed by atoms with Crippen LogP contribution in [0.15, 0.2) is 77.9 Å². The molecule has 4 rings (SSSR count). The van der Waals surface area contributed by atoms with Gasteiger partial charge in [-0.15, -0.1) is 0 Å². The summed E-state index contributed by atoms with van der Waals surface area (Å²) in [7, 11) is 3.24. The van der Waals surface area contributed by atoms with Gasteiger partial charge in [-0.25, -0.2) is 5.10 Å². The molecule has 0 bridgehead atoms. The summed E-state index contributed by atoms with van der Waals surface area (Å²) < 4.78 is 18.7. The van der Waals surface area contributed by atoms with E-state index in [2.05, 4.69) is 15.3 Å². The molecule has 0 aliphatic rings. The summed E-state index contributed by atoms with van der Waals surface area (Å²) in [4.78, 5) is 0. The normalized spacial score (nSPS) is 10.9. The predicted molar refractivity (Wildman–Crippen MR) is 126 cm³/mol. The van der Waals surface area contributed by atoms with Crippen LogP contribution in [-0.2, 0) is 6.61 Å². The van der Waals surface area contributed by atoms with Crippen LogP contribution in [-0.4, -0.2) is 35.3 Å². The fourth-order valence-corrected chi connectivity index (χ4v) is 3.27. The Kier molecular flexibility index (Phi) is 6.62. The van der Waals surface area contributed by atoms with Crippen LogP contribution in [0, 0.1) is 4.77 Å². The molecule has 4 aromatic rings. The summed E-state index contributed by atoms with van der Waals surface area (Å²) in [5.74, 6) is 2.58. The Morgan fingerprint density at radius 1 is 0.969 bits per heavy atom. The highest BCUT2D eigenvalue weighted by molar-refractivity contribution is 7.71. The first-order valence-electron chi connectivity index (χ1n) is 9.89. The number of aromatic nitrogens is 3. The van der Waals surface area contributed by atoms with Crippen molar-refractivity contribution in [1.29, 1.82) is 0 Å². The third-order valence-electron chi connectivity index (χ3n) is 4.73. The van der Waals surface area contributed by atoms with Crippen LogP contribution in [0.4, 0.5) is 0 Å². The Balaban J connectivity index is 1.60. The molecule has 0 radical (unpaired) electrons. The molecule has 1 aromatic heterocycles. The van der Waals surface area contributed by atoms with Gasteiger partial charge in [0, 0.05) is 5.56 Å². The maximum atomic E-state index is 5.99. The first-order chi connectivity index (χ1) is 15.7. The Labute approximate surface area is 190 Å². The van der Waals surface area contributed by atoms with Crippen LogP contribution < -0.4 is 14.2 Å². The highest BCUT2D eigenvalue weighted by Crippen LogP contribution is 2.28. The third kappa shape index (κ3) is 4.87. The van der Waals surface area contributed by atoms with Crippen molar-refractivity contribution in [2.45, 2.75) is 6.61 Å². The minimum atomic E-state index is 0.383. The number of nitrogens with zero attached hydrogens (tertiary/aromatic N) is 3. The number of benzene rings is 3. The standard InChI is InChI=1S/C24H22N4O3S/c1-29-20-10-6-9-19(14-20)23-26-27-24(32)28(23)25-15-18-11-12-21(30-2)22(13-18)31-16-17-7-4-3-5-8-17/h3-15H,16H2,1-2H3,(H,27,32). The van der Waals surface area contributed by atoms with Crippen LogP contribution in [0.25, 0.3) is 11.4 Å². The molecule has 1 heterocycles. The Morgan fingerprint density at radius 3 is 2.59 bits per heavy atom. The van der Waals surface area contributed by atoms with Crippen molar-refractivity contribution in [2.75, 3.05) is 14.2 Å². The topological polar surface area (TPSA) is 73.7 Å². The predicted octanol–water partition coefficient (Wildman–Crippen LogP) is 5.09. The van der Waals surface area contributed by atoms with Crippen molar-refractivity contribution >= 4 is 18.4 Å². The molecule has 162 valence electrons. The van der Waals surface area contributed by atoms with E-state index in [1.54, 1.807) is 25.1 Å². The lowest BCUT2D eigenvalue weighted by atomic mass is 10.2. The van der Waals surface area contributed by atoms with E-state index in [1.807, 2.05) is 72.8 Å². The number of rotatable bonds is 8. The molecule has 0 aliphatic heterocycles. The molecular weight excluding hydrogens is 424 g/mol. The highest BCUT2D eigenvalue weighted by atomic mass is 32.1. The Morgan fingerprint density at radius 2 is 1.81 bits per heavy atom. The van der Waals surface area contributed by atoms with Crippen LogP contribution in [0.5, 0.6) is 17.2 Å². The van der Waals surface area contributed by atoms with Crippen molar-refractivity contribution in [3.8, 4) is 28.6 Å². The number of H-pyrrole nitrogens is 1. The number of hydrogen-bond acceptors (Lipinski definition) is 6. The summed E-state index contributed by atoms with van der Waals surface area (Å²) in [6.45, 7) is 0.435. The zero-order valence-electron chi connectivity index (χ0n) is 17.7. The van der Waals surface area contributed by atoms with E-state index < -0.39 is 0 Å². The summed E-state index contributed by atoms with van der Waals surface area (Å²) in [6.07, 6.45) is 1.70. The summed E-state index contributed by atoms with van der Waals surface area (Å²) in [5.41, 5.74) is 2.73. The molecule has 0 aliphatic carbocycles. The van der Waals surface area contributed by atoms with Crippen LogP contribution in [0.3, 0.4) is 0 Å². The lowest BCUT2D eigenvalue weighted by Gasteiger charge is -2.11. The lowest BCUT2D eigenvalue weighted by Crippen LogP contribution is -1.99. The monoisotopic (exact) mass is 446 g/mol. The van der Waals surface area contributed by atoms with Crippen molar-refractivity contribution in [1.82, 2.24) is 14.9 Å². The molecule has 0 unspecified atom stereocenters. The van der Waals surface area contributed by atoms with Gasteiger partial charge in [0.15, 0.2) is 17.3 Å². The fourth-order valence-electron chi connectivity index (χ4n) is 3.09. The molecule has 32 heavy (non-hydrogen) atoms. The van der Waals surface area contributed by atoms with Crippen molar-refractivity contribution < 1.29 is 14.2 Å². The molecule has 0 atom stereocenters. The zero-order chi connectivity index (χ0) is 22.3. The van der Waals surface area contributed by atoms with Crippen molar-refractivity contribution in [2.24, 2.45) is 5.10 Å². The highest BCUT2D eigenvalue weighted by Gasteiger charge is 2.10. The van der Waals surface area contributed by atoms with E-state index >= 15 is 0 Å². The second-order valence-corrected chi connectivity index (χ2v) is 7.21. The van der Waals surface area contributed by atoms with Gasteiger partial charge in [0.05, 0.1) is 20.4 Å². The van der Waals surface area contributed by atoms with Gasteiger partial charge < -0.3 is 14.2 Å². The molecule has 1 N–H and O–H groups in total. The third-order valence-corrected chi connectivity index (χ3v) is 4.99. The minimum Gasteiger partial charge on any atom is -0.497 e. The Bertz CT molecular complexity index is 1280. The van der Waals surface area contributed by atoms with E-state index in [0.717, 1.165) is 22.4 Å². The molecule has 0 spiro atoms. The van der Waals surface area contributed by atoms with Gasteiger partial charge >= 0.3 is 0 Å². The van der Waals surface area contributed by atoms with Crippen LogP contribution >= 0.6 is 12.2 Å². The van der Waals surface area contributed by atoms with E-state index in [4.69, 9.17) is 26.4 Å². The Hall–Kier alpha value is -3.91. The molecular formula is C24H22N4O3S. The quantitative estimate of drug-likeness (QED) is 0.302. The van der Waals surface area contributed by atoms with E-state index in [0.29, 0.717) is 28.7 Å². The largest absolute Gasteiger partial charge is 0.497 e. The average molecular weight is 447 g/mol. The SMILES string of the molecule is COc1cccc(-c2n[nH]c(=S)n2N=Cc2ccc(OC)c(OCc3ccccc3)c2)c1. The summed E-state index contributed by atoms with van der Waals surface area (Å²) >= 11 is 5.37. The van der Waals surface area contributed by atoms with Gasteiger partial charge in [-0.3, -0.25) is 0 Å². The molecule has 0 saturated heterocycles. The van der Waals surface area contributed by atoms with Gasteiger partial charge in [0.2, 0.25) is 4.77 Å². The van der Waals surface area contributed by atoms with Gasteiger partial charge in [0.25, 0.3) is 0 Å². The molecule has 7 nitrogen and oxygen atoms in total. The van der Waals surface area contributed by atoms with Gasteiger partial charge in [-0.2, -0.15) is 14.9 Å². The number of ether oxygens (including phenoxy) is 3. The first-order valence-corrected chi connectivity index (χ1v) is 10.3. The second-order valence-electron chi connectivity index (χ2n) is 6.83. The molecule has 0 amide bonds. The van der Waals surface area contributed by atoms with E-state index in [-0.39, 0.29) is 0 Å². The van der Waals surface area contributed by atoms with Crippen LogP contribution in [0.2, 0.25) is 0 Å². The number of nitrogens with one attached hydrogen (secondary N) is 1. The number of hydrogen-bond donors (Lipinski definition) is 1. The fraction of sp³-hybridized carbons (Fsp3) is 0.125. The van der Waals surface area contributed by atoms with Crippen molar-refractivity contribution in [3.63, 3.8) is 0 Å². The minimum absolute atomic E-state index is 0.383. The molecule has 0 fully saturated rings. The van der Waals surface area contributed by atoms with E-state index in [1.165, 1.54) is 0 Å². The van der Waals surface area contributed by atoms with E-state index in [9.17, 15) is 0 Å². The lowest BCUT2D eigenvalue weighted by molar-refractivity contribution is 0.284. The smallest absolute Gasteiger partial charge is 0.216 e. The first kappa shape index (κ1) is 21.3. The number of aromatic amines is 1. The molecule has 0 saturated carbocycles. The molecule has 8 heteroatoms. The summed E-state index contributed by atoms with van der Waals surface area (Å²) in [5, 5.41) is 11.6. The van der Waals surface area contributed by atoms with Gasteiger partial charge in [-0.05, 0) is 53.7 Å². The van der Waals surface area contributed by atoms with Gasteiger partial charge in [-0.1, -0.05) is 42.5 Å². The van der Waals surface area contributed by atoms with Crippen molar-refractivity contribution in [3.05, 3.63) is 88.7 Å². The zero-order valence-corrected chi connectivity index (χ0v) is 18.5. The van der Waals surface area contributed by atoms with Gasteiger partial charge in [0.1, 0.15) is 12.4 Å². The second kappa shape index (κ2) is 9.93. The molecule has 3 aromatic carbocycles. The van der Waals surface area contributed by atoms with Crippen LogP contribution in [0.1, 0.15) is 11.1 Å². The number of methoxy groups -OCH3 is 2. The maximum Gasteiger partial charge on any atom is 0.216 e. The average Bonchev–Trinajstić information content (AvgIpc) is 3.22. The maximum absolute atomic E-state index is 5.99.